The average molecular weight is 242 g/mol. The van der Waals surface area contributed by atoms with E-state index in [1.165, 1.54) is 19.3 Å². The Bertz CT molecular complexity index is 288. The summed E-state index contributed by atoms with van der Waals surface area (Å²) in [5.41, 5.74) is 0.955. The predicted octanol–water partition coefficient (Wildman–Crippen LogP) is 3.24. The van der Waals surface area contributed by atoms with Gasteiger partial charge in [-0.05, 0) is 26.3 Å². The highest BCUT2D eigenvalue weighted by Gasteiger charge is 2.09. The summed E-state index contributed by atoms with van der Waals surface area (Å²) in [5.74, 6) is 1.04. The predicted molar refractivity (Wildman–Crippen MR) is 69.0 cm³/mol. The molecule has 0 aliphatic heterocycles. The monoisotopic (exact) mass is 242 g/mol. The topological polar surface area (TPSA) is 38.1 Å². The van der Waals surface area contributed by atoms with Crippen LogP contribution in [0.4, 0.5) is 0 Å². The van der Waals surface area contributed by atoms with Crippen molar-refractivity contribution in [3.8, 4) is 0 Å². The summed E-state index contributed by atoms with van der Waals surface area (Å²) in [6.45, 7) is 7.46. The Morgan fingerprint density at radius 1 is 1.44 bits per heavy atom. The number of hydrogen-bond acceptors (Lipinski definition) is 4. The highest BCUT2D eigenvalue weighted by molar-refractivity contribution is 7.99. The number of oxazole rings is 1. The molecule has 1 aromatic rings. The first-order valence-electron chi connectivity index (χ1n) is 6.04. The maximum absolute atomic E-state index is 5.32. The number of nitrogens with one attached hydrogen (secondary N) is 1. The molecule has 0 spiro atoms. The van der Waals surface area contributed by atoms with Crippen LogP contribution >= 0.6 is 11.8 Å². The van der Waals surface area contributed by atoms with E-state index in [4.69, 9.17) is 4.42 Å². The summed E-state index contributed by atoms with van der Waals surface area (Å²) in [5, 5.41) is 4.35. The number of nitrogens with zero attached hydrogens (tertiary/aromatic N) is 1. The van der Waals surface area contributed by atoms with Gasteiger partial charge in [-0.1, -0.05) is 32.0 Å². The molecule has 0 aromatic carbocycles. The molecule has 16 heavy (non-hydrogen) atoms. The van der Waals surface area contributed by atoms with Gasteiger partial charge in [0.1, 0.15) is 6.26 Å². The van der Waals surface area contributed by atoms with Crippen LogP contribution in [0.1, 0.15) is 38.8 Å². The molecule has 1 rings (SSSR count). The van der Waals surface area contributed by atoms with Crippen LogP contribution in [0.15, 0.2) is 15.9 Å². The van der Waals surface area contributed by atoms with Crippen molar-refractivity contribution in [2.24, 2.45) is 0 Å². The van der Waals surface area contributed by atoms with Crippen molar-refractivity contribution >= 4 is 11.8 Å². The van der Waals surface area contributed by atoms with E-state index >= 15 is 0 Å². The van der Waals surface area contributed by atoms with Crippen molar-refractivity contribution in [1.29, 1.82) is 0 Å². The van der Waals surface area contributed by atoms with E-state index < -0.39 is 0 Å². The first kappa shape index (κ1) is 13.6. The lowest BCUT2D eigenvalue weighted by Gasteiger charge is -2.16. The van der Waals surface area contributed by atoms with Gasteiger partial charge in [-0.3, -0.25) is 0 Å². The third-order valence-corrected chi connectivity index (χ3v) is 3.33. The molecule has 1 N–H and O–H groups in total. The van der Waals surface area contributed by atoms with E-state index in [2.05, 4.69) is 24.1 Å². The number of aryl methyl sites for hydroxylation is 1. The molecule has 0 aliphatic carbocycles. The standard InChI is InChI=1S/C12H22N2OS/c1-4-6-11(13-7-5-2)9-16-12-14-10(3)8-15-12/h8,11,13H,4-7,9H2,1-3H3. The van der Waals surface area contributed by atoms with Gasteiger partial charge in [-0.15, -0.1) is 0 Å². The van der Waals surface area contributed by atoms with Gasteiger partial charge in [0, 0.05) is 11.8 Å². The Morgan fingerprint density at radius 2 is 2.25 bits per heavy atom. The lowest BCUT2D eigenvalue weighted by atomic mass is 10.2. The van der Waals surface area contributed by atoms with E-state index in [1.54, 1.807) is 18.0 Å². The molecule has 0 aliphatic rings. The van der Waals surface area contributed by atoms with E-state index in [0.717, 1.165) is 23.2 Å². The molecule has 1 atom stereocenters. The van der Waals surface area contributed by atoms with E-state index in [1.807, 2.05) is 6.92 Å². The third-order valence-electron chi connectivity index (χ3n) is 2.33. The highest BCUT2D eigenvalue weighted by atomic mass is 32.2. The Kier molecular flexibility index (Phi) is 6.57. The van der Waals surface area contributed by atoms with Crippen LogP contribution in [0.25, 0.3) is 0 Å². The van der Waals surface area contributed by atoms with Crippen molar-refractivity contribution in [2.45, 2.75) is 51.3 Å². The van der Waals surface area contributed by atoms with Crippen LogP contribution < -0.4 is 5.32 Å². The number of rotatable bonds is 8. The van der Waals surface area contributed by atoms with Gasteiger partial charge in [-0.2, -0.15) is 0 Å². The van der Waals surface area contributed by atoms with E-state index in [0.29, 0.717) is 6.04 Å². The first-order chi connectivity index (χ1) is 7.76. The molecule has 0 saturated carbocycles. The summed E-state index contributed by atoms with van der Waals surface area (Å²) in [7, 11) is 0. The first-order valence-corrected chi connectivity index (χ1v) is 7.03. The molecule has 1 aromatic heterocycles. The Balaban J connectivity index is 2.30. The zero-order valence-corrected chi connectivity index (χ0v) is 11.3. The minimum absolute atomic E-state index is 0.571. The Hall–Kier alpha value is -0.480. The maximum Gasteiger partial charge on any atom is 0.255 e. The van der Waals surface area contributed by atoms with Crippen molar-refractivity contribution in [3.63, 3.8) is 0 Å². The molecular weight excluding hydrogens is 220 g/mol. The second-order valence-corrected chi connectivity index (χ2v) is 4.98. The highest BCUT2D eigenvalue weighted by Crippen LogP contribution is 2.18. The second kappa shape index (κ2) is 7.74. The van der Waals surface area contributed by atoms with Crippen molar-refractivity contribution in [2.75, 3.05) is 12.3 Å². The fourth-order valence-corrected chi connectivity index (χ4v) is 2.46. The summed E-state index contributed by atoms with van der Waals surface area (Å²) >= 11 is 1.70. The van der Waals surface area contributed by atoms with Gasteiger partial charge in [0.2, 0.25) is 0 Å². The largest absolute Gasteiger partial charge is 0.440 e. The lowest BCUT2D eigenvalue weighted by molar-refractivity contribution is 0.451. The SMILES string of the molecule is CCCNC(CCC)CSc1nc(C)co1. The van der Waals surface area contributed by atoms with Gasteiger partial charge < -0.3 is 9.73 Å². The lowest BCUT2D eigenvalue weighted by Crippen LogP contribution is -2.31. The van der Waals surface area contributed by atoms with Gasteiger partial charge >= 0.3 is 0 Å². The number of thioether (sulfide) groups is 1. The van der Waals surface area contributed by atoms with Crippen LogP contribution in [0, 0.1) is 6.92 Å². The Morgan fingerprint density at radius 3 is 2.81 bits per heavy atom. The fourth-order valence-electron chi connectivity index (χ4n) is 1.51. The van der Waals surface area contributed by atoms with E-state index in [9.17, 15) is 0 Å². The smallest absolute Gasteiger partial charge is 0.255 e. The molecule has 1 heterocycles. The molecule has 3 nitrogen and oxygen atoms in total. The van der Waals surface area contributed by atoms with Crippen LogP contribution in [0.3, 0.4) is 0 Å². The molecule has 0 amide bonds. The van der Waals surface area contributed by atoms with E-state index in [-0.39, 0.29) is 0 Å². The van der Waals surface area contributed by atoms with Gasteiger partial charge in [-0.25, -0.2) is 4.98 Å². The van der Waals surface area contributed by atoms with Crippen LogP contribution in [0.5, 0.6) is 0 Å². The zero-order chi connectivity index (χ0) is 11.8. The number of hydrogen-bond donors (Lipinski definition) is 1. The fraction of sp³-hybridized carbons (Fsp3) is 0.750. The minimum Gasteiger partial charge on any atom is -0.440 e. The van der Waals surface area contributed by atoms with Crippen LogP contribution in [-0.2, 0) is 0 Å². The molecule has 0 saturated heterocycles. The van der Waals surface area contributed by atoms with Crippen LogP contribution in [0.2, 0.25) is 0 Å². The minimum atomic E-state index is 0.571. The maximum atomic E-state index is 5.32. The van der Waals surface area contributed by atoms with Crippen molar-refractivity contribution in [3.05, 3.63) is 12.0 Å². The molecule has 1 unspecified atom stereocenters. The summed E-state index contributed by atoms with van der Waals surface area (Å²) in [6, 6.07) is 0.571. The second-order valence-electron chi connectivity index (χ2n) is 4.01. The zero-order valence-electron chi connectivity index (χ0n) is 10.5. The summed E-state index contributed by atoms with van der Waals surface area (Å²) in [4.78, 5) is 4.29. The molecule has 0 radical (unpaired) electrons. The number of aromatic nitrogens is 1. The van der Waals surface area contributed by atoms with Gasteiger partial charge in [0.15, 0.2) is 0 Å². The van der Waals surface area contributed by atoms with Crippen molar-refractivity contribution < 1.29 is 4.42 Å². The normalized spacial score (nSPS) is 12.9. The molecule has 0 fully saturated rings. The molecule has 4 heteroatoms. The van der Waals surface area contributed by atoms with Crippen molar-refractivity contribution in [1.82, 2.24) is 10.3 Å². The molecule has 92 valence electrons. The van der Waals surface area contributed by atoms with Crippen LogP contribution in [-0.4, -0.2) is 23.3 Å². The Labute approximate surface area is 102 Å². The quantitative estimate of drug-likeness (QED) is 0.710. The third kappa shape index (κ3) is 5.03. The molecular formula is C12H22N2OS. The molecule has 0 bridgehead atoms. The average Bonchev–Trinajstić information content (AvgIpc) is 2.68. The van der Waals surface area contributed by atoms with Gasteiger partial charge in [0.25, 0.3) is 5.22 Å². The van der Waals surface area contributed by atoms with Gasteiger partial charge in [0.05, 0.1) is 5.69 Å². The summed E-state index contributed by atoms with van der Waals surface area (Å²) in [6.07, 6.45) is 5.32. The summed E-state index contributed by atoms with van der Waals surface area (Å²) < 4.78 is 5.32.